The first-order valence-electron chi connectivity index (χ1n) is 16.6. The number of amides is 1. The zero-order valence-corrected chi connectivity index (χ0v) is 26.2. The predicted molar refractivity (Wildman–Crippen MR) is 175 cm³/mol. The second-order valence-corrected chi connectivity index (χ2v) is 13.4. The molecule has 2 saturated carbocycles. The van der Waals surface area contributed by atoms with Gasteiger partial charge in [-0.2, -0.15) is 5.11 Å². The van der Waals surface area contributed by atoms with E-state index in [0.717, 1.165) is 61.7 Å². The van der Waals surface area contributed by atoms with Crippen molar-refractivity contribution in [2.24, 2.45) is 28.3 Å². The minimum atomic E-state index is -0.185. The molecule has 0 radical (unpaired) electrons. The highest BCUT2D eigenvalue weighted by Crippen LogP contribution is 2.57. The van der Waals surface area contributed by atoms with Crippen molar-refractivity contribution < 1.29 is 17.5 Å². The number of likely N-dealkylation sites (tertiary alicyclic amines) is 1. The normalized spacial score (nSPS) is 27.3. The van der Waals surface area contributed by atoms with E-state index in [1.165, 1.54) is 70.6 Å². The molecule has 5 fully saturated rings. The average molecular weight is 602 g/mol. The largest absolute Gasteiger partial charge is 0.386 e. The van der Waals surface area contributed by atoms with Gasteiger partial charge in [0.1, 0.15) is 18.7 Å². The van der Waals surface area contributed by atoms with Gasteiger partial charge in [-0.05, 0) is 125 Å². The Labute approximate surface area is 261 Å². The molecule has 6 rings (SSSR count). The van der Waals surface area contributed by atoms with Crippen LogP contribution in [0.15, 0.2) is 23.3 Å². The van der Waals surface area contributed by atoms with Gasteiger partial charge in [-0.15, -0.1) is 0 Å². The summed E-state index contributed by atoms with van der Waals surface area (Å²) in [6.45, 7) is 7.76. The van der Waals surface area contributed by atoms with Crippen LogP contribution < -0.4 is 21.3 Å². The van der Waals surface area contributed by atoms with E-state index in [2.05, 4.69) is 31.3 Å². The Hall–Kier alpha value is -2.40. The lowest BCUT2D eigenvalue weighted by Gasteiger charge is -2.32. The quantitative estimate of drug-likeness (QED) is 0.218. The van der Waals surface area contributed by atoms with Gasteiger partial charge >= 0.3 is 0 Å². The molecular formula is C33H59N7O3. The van der Waals surface area contributed by atoms with E-state index in [1.54, 1.807) is 0 Å². The topological polar surface area (TPSA) is 142 Å². The summed E-state index contributed by atoms with van der Waals surface area (Å²) in [5.74, 6) is 2.06. The maximum absolute atomic E-state index is 12.6. The molecule has 3 saturated heterocycles. The molecule has 3 aliphatic heterocycles. The van der Waals surface area contributed by atoms with Crippen LogP contribution in [0.5, 0.6) is 0 Å². The fraction of sp³-hybridized carbons (Fsp3) is 0.758. The first-order valence-corrected chi connectivity index (χ1v) is 16.6. The van der Waals surface area contributed by atoms with Gasteiger partial charge in [0, 0.05) is 42.0 Å². The molecule has 1 aromatic carbocycles. The highest BCUT2D eigenvalue weighted by Gasteiger charge is 2.45. The Kier molecular flexibility index (Phi) is 12.9. The lowest BCUT2D eigenvalue weighted by Crippen LogP contribution is -2.45. The van der Waals surface area contributed by atoms with Crippen LogP contribution in [0, 0.1) is 28.7 Å². The van der Waals surface area contributed by atoms with E-state index >= 15 is 0 Å². The SMILES string of the molecule is C=O.CNc1ccc(CNC(=O)[C@@H]2C[C@@H](CC3CCC4(CC3)CC4)CN2)cc1N=N.OC([C@H]1CCCNC1)N1CCCC1.[HH].[HH]. The third kappa shape index (κ3) is 9.54. The Morgan fingerprint density at radius 3 is 2.51 bits per heavy atom. The summed E-state index contributed by atoms with van der Waals surface area (Å²) in [5, 5.41) is 26.5. The molecule has 6 N–H and O–H groups in total. The molecule has 2 aliphatic carbocycles. The van der Waals surface area contributed by atoms with Crippen molar-refractivity contribution in [1.29, 1.82) is 5.53 Å². The fourth-order valence-electron chi connectivity index (χ4n) is 7.60. The Morgan fingerprint density at radius 1 is 1.14 bits per heavy atom. The molecule has 5 aliphatic rings. The molecule has 244 valence electrons. The minimum Gasteiger partial charge on any atom is -0.386 e. The van der Waals surface area contributed by atoms with E-state index < -0.39 is 0 Å². The lowest BCUT2D eigenvalue weighted by molar-refractivity contribution is -0.123. The highest BCUT2D eigenvalue weighted by molar-refractivity contribution is 5.82. The number of anilines is 1. The van der Waals surface area contributed by atoms with Gasteiger partial charge in [0.2, 0.25) is 5.91 Å². The first kappa shape index (κ1) is 33.5. The predicted octanol–water partition coefficient (Wildman–Crippen LogP) is 5.05. The molecule has 1 unspecified atom stereocenters. The highest BCUT2D eigenvalue weighted by atomic mass is 16.3. The molecule has 10 nitrogen and oxygen atoms in total. The summed E-state index contributed by atoms with van der Waals surface area (Å²) in [4.78, 5) is 22.8. The van der Waals surface area contributed by atoms with E-state index in [9.17, 15) is 9.90 Å². The van der Waals surface area contributed by atoms with Crippen LogP contribution in [0.3, 0.4) is 0 Å². The molecule has 1 aromatic rings. The van der Waals surface area contributed by atoms with Crippen LogP contribution in [-0.2, 0) is 16.1 Å². The number of carbonyl (C=O) groups excluding carboxylic acids is 2. The second-order valence-electron chi connectivity index (χ2n) is 13.4. The second kappa shape index (κ2) is 16.6. The standard InChI is InChI=1S/C22H33N5O.C10H20N2O.CH2O.2H2/c1-24-18-3-2-16(11-19(18)27-23)13-26-21(28)20-12-17(14-25-20)10-15-4-6-22(7-5-15)8-9-22;13-10(12-6-1-2-7-12)9-4-3-5-11-8-9;1-2;;/h2-3,11,15,17,20,23-25H,4-10,12-14H2,1H3,(H,26,28);9-11,13H,1-8H2;1H2;2*1H/t17-,20+;9-,10?;;;/m10.../s1. The van der Waals surface area contributed by atoms with Crippen molar-refractivity contribution in [3.05, 3.63) is 23.8 Å². The van der Waals surface area contributed by atoms with Crippen molar-refractivity contribution in [3.8, 4) is 0 Å². The van der Waals surface area contributed by atoms with Gasteiger partial charge in [-0.25, -0.2) is 5.53 Å². The maximum Gasteiger partial charge on any atom is 0.237 e. The van der Waals surface area contributed by atoms with Crippen molar-refractivity contribution in [2.45, 2.75) is 95.9 Å². The third-order valence-corrected chi connectivity index (χ3v) is 10.5. The smallest absolute Gasteiger partial charge is 0.237 e. The molecule has 3 heterocycles. The Bertz CT molecular complexity index is 1030. The third-order valence-electron chi connectivity index (χ3n) is 10.5. The van der Waals surface area contributed by atoms with Crippen LogP contribution in [-0.4, -0.2) is 74.7 Å². The summed E-state index contributed by atoms with van der Waals surface area (Å²) >= 11 is 0. The monoisotopic (exact) mass is 601 g/mol. The summed E-state index contributed by atoms with van der Waals surface area (Å²) < 4.78 is 0. The summed E-state index contributed by atoms with van der Waals surface area (Å²) in [5.41, 5.74) is 10.4. The van der Waals surface area contributed by atoms with Crippen LogP contribution in [0.25, 0.3) is 0 Å². The van der Waals surface area contributed by atoms with Gasteiger partial charge in [-0.3, -0.25) is 9.69 Å². The summed E-state index contributed by atoms with van der Waals surface area (Å²) in [6.07, 6.45) is 15.6. The molecule has 0 bridgehead atoms. The van der Waals surface area contributed by atoms with Crippen molar-refractivity contribution in [2.75, 3.05) is 45.1 Å². The molecule has 1 spiro atoms. The van der Waals surface area contributed by atoms with Crippen LogP contribution in [0.4, 0.5) is 11.4 Å². The number of piperidine rings is 1. The van der Waals surface area contributed by atoms with Gasteiger partial charge < -0.3 is 31.2 Å². The van der Waals surface area contributed by atoms with Crippen LogP contribution in [0.1, 0.15) is 85.5 Å². The van der Waals surface area contributed by atoms with Gasteiger partial charge in [0.25, 0.3) is 0 Å². The maximum atomic E-state index is 12.6. The first-order chi connectivity index (χ1) is 21.0. The van der Waals surface area contributed by atoms with Crippen molar-refractivity contribution in [3.63, 3.8) is 0 Å². The zero-order valence-electron chi connectivity index (χ0n) is 26.2. The number of aliphatic hydroxyl groups excluding tert-OH is 1. The molecule has 10 heteroatoms. The number of benzene rings is 1. The lowest BCUT2D eigenvalue weighted by atomic mass is 9.76. The molecule has 43 heavy (non-hydrogen) atoms. The van der Waals surface area contributed by atoms with Gasteiger partial charge in [0.05, 0.1) is 11.7 Å². The molecule has 4 atom stereocenters. The number of hydrogen-bond acceptors (Lipinski definition) is 9. The van der Waals surface area contributed by atoms with E-state index in [0.29, 0.717) is 24.1 Å². The number of carbonyl (C=O) groups is 2. The number of rotatable bonds is 9. The summed E-state index contributed by atoms with van der Waals surface area (Å²) in [6, 6.07) is 5.63. The van der Waals surface area contributed by atoms with Crippen LogP contribution >= 0.6 is 0 Å². The number of aliphatic hydroxyl groups is 1. The minimum absolute atomic E-state index is 0. The van der Waals surface area contributed by atoms with E-state index in [1.807, 2.05) is 32.0 Å². The fourth-order valence-corrected chi connectivity index (χ4v) is 7.60. The Balaban J connectivity index is 0.000000350. The van der Waals surface area contributed by atoms with Crippen LogP contribution in [0.2, 0.25) is 0 Å². The molecular weight excluding hydrogens is 542 g/mol. The number of hydrogen-bond donors (Lipinski definition) is 6. The van der Waals surface area contributed by atoms with Gasteiger partial charge in [-0.1, -0.05) is 6.07 Å². The summed E-state index contributed by atoms with van der Waals surface area (Å²) in [7, 11) is 1.81. The van der Waals surface area contributed by atoms with Crippen molar-refractivity contribution >= 4 is 24.1 Å². The zero-order chi connectivity index (χ0) is 30.7. The van der Waals surface area contributed by atoms with E-state index in [4.69, 9.17) is 10.3 Å². The Morgan fingerprint density at radius 2 is 1.88 bits per heavy atom. The number of nitrogens with zero attached hydrogens (tertiary/aromatic N) is 2. The van der Waals surface area contributed by atoms with Gasteiger partial charge in [0.15, 0.2) is 0 Å². The van der Waals surface area contributed by atoms with E-state index in [-0.39, 0.29) is 21.0 Å². The number of nitrogens with one attached hydrogen (secondary N) is 5. The molecule has 0 aromatic heterocycles. The molecule has 1 amide bonds. The average Bonchev–Trinajstić information content (AvgIpc) is 3.41. The van der Waals surface area contributed by atoms with Crippen molar-refractivity contribution in [1.82, 2.24) is 20.9 Å².